The Morgan fingerprint density at radius 1 is 0.342 bits per heavy atom. The highest BCUT2D eigenvalue weighted by Crippen LogP contribution is 2.58. The Balaban J connectivity index is 1.17. The maximum Gasteiger partial charge on any atom is 0.159 e. The summed E-state index contributed by atoms with van der Waals surface area (Å²) in [6.45, 7) is 2.35. The van der Waals surface area contributed by atoms with Crippen molar-refractivity contribution in [2.24, 2.45) is 0 Å². The number of rotatable bonds is 11. The van der Waals surface area contributed by atoms with Gasteiger partial charge in [-0.3, -0.25) is 0 Å². The largest absolute Gasteiger partial charge is 0.454 e. The summed E-state index contributed by atoms with van der Waals surface area (Å²) >= 11 is 0. The van der Waals surface area contributed by atoms with E-state index in [0.717, 1.165) is 83.8 Å². The first-order valence-corrected chi connectivity index (χ1v) is 36.2. The average molecular weight is 1040 g/mol. The lowest BCUT2D eigenvalue weighted by molar-refractivity contribution is 0.668. The number of hydrogen-bond acceptors (Lipinski definition) is 4. The SMILES string of the molecule is CCS(C)(C)c1cc(N(c2ccc3ccc4c(N(c5cc(S(C)(C)C)cc(S(C)(C)C)c5)c5cccc6c5oc5ccccc56)ccc5ccc2c3c54)c2cccc3c2oc2ccccc23)cc(S(C)(C)C)c1. The third-order valence-electron chi connectivity index (χ3n) is 15.1. The van der Waals surface area contributed by atoms with Gasteiger partial charge in [0.2, 0.25) is 0 Å². The topological polar surface area (TPSA) is 32.8 Å². The summed E-state index contributed by atoms with van der Waals surface area (Å²) in [5.74, 6) is 1.11. The van der Waals surface area contributed by atoms with Crippen molar-refractivity contribution >= 4 is 150 Å². The standard InChI is InChI=1S/C65H66N2O2S4/c1-13-73(11,12)49-39-45(38-48(41-49)72(8,9)10)67(59-25-19-23-53-51-21-15-17-27-61(51)69-65(53)59)57-35-31-43-28-32-54-56(34-30-42-29-33-55(57)63(43)62(42)54)66(44-36-46(70(2,3)4)40-47(37-44)71(5,6)7)58-24-18-22-52-50-20-14-16-26-60(50)68-64(52)58/h14-41H,13H2,1-12H3. The minimum atomic E-state index is -1.11. The van der Waals surface area contributed by atoms with Gasteiger partial charge in [-0.15, -0.1) is 0 Å². The quantitative estimate of drug-likeness (QED) is 0.121. The molecule has 0 spiro atoms. The molecule has 4 nitrogen and oxygen atoms in total. The molecule has 372 valence electrons. The van der Waals surface area contributed by atoms with Gasteiger partial charge in [0.1, 0.15) is 11.2 Å². The summed E-state index contributed by atoms with van der Waals surface area (Å²) in [5, 5.41) is 11.8. The molecule has 0 aliphatic rings. The van der Waals surface area contributed by atoms with Crippen LogP contribution in [0.2, 0.25) is 0 Å². The smallest absolute Gasteiger partial charge is 0.159 e. The van der Waals surface area contributed by atoms with E-state index in [1.165, 1.54) is 51.9 Å². The van der Waals surface area contributed by atoms with E-state index < -0.39 is 40.1 Å². The molecule has 0 unspecified atom stereocenters. The predicted molar refractivity (Wildman–Crippen MR) is 333 cm³/mol. The second-order valence-electron chi connectivity index (χ2n) is 22.4. The van der Waals surface area contributed by atoms with Gasteiger partial charge in [-0.05, 0) is 188 Å². The molecule has 0 fully saturated rings. The van der Waals surface area contributed by atoms with Gasteiger partial charge >= 0.3 is 0 Å². The van der Waals surface area contributed by atoms with Crippen molar-refractivity contribution in [3.8, 4) is 0 Å². The zero-order valence-electron chi connectivity index (χ0n) is 44.2. The lowest BCUT2D eigenvalue weighted by atomic mass is 9.91. The first kappa shape index (κ1) is 47.8. The van der Waals surface area contributed by atoms with E-state index >= 15 is 0 Å². The lowest BCUT2D eigenvalue weighted by Gasteiger charge is -2.36. The number of nitrogens with zero attached hydrogens (tertiary/aromatic N) is 2. The van der Waals surface area contributed by atoms with Crippen LogP contribution in [0, 0.1) is 0 Å². The molecule has 2 heterocycles. The number of anilines is 6. The molecule has 0 aliphatic heterocycles. The summed E-state index contributed by atoms with van der Waals surface area (Å²) < 4.78 is 13.9. The van der Waals surface area contributed by atoms with Crippen LogP contribution in [-0.4, -0.2) is 74.6 Å². The van der Waals surface area contributed by atoms with E-state index in [2.05, 4.69) is 255 Å². The molecule has 0 N–H and O–H groups in total. The Labute approximate surface area is 436 Å². The highest BCUT2D eigenvalue weighted by molar-refractivity contribution is 8.33. The normalized spacial score (nSPS) is 13.9. The van der Waals surface area contributed by atoms with Crippen LogP contribution >= 0.6 is 40.1 Å². The summed E-state index contributed by atoms with van der Waals surface area (Å²) in [6, 6.07) is 63.9. The molecule has 8 heteroatoms. The third-order valence-corrected chi connectivity index (χ3v) is 23.0. The van der Waals surface area contributed by atoms with E-state index in [1.807, 2.05) is 0 Å². The molecule has 0 amide bonds. The predicted octanol–water partition coefficient (Wildman–Crippen LogP) is 19.9. The molecule has 2 aromatic heterocycles. The van der Waals surface area contributed by atoms with Crippen molar-refractivity contribution in [2.75, 3.05) is 84.4 Å². The van der Waals surface area contributed by atoms with Crippen LogP contribution < -0.4 is 9.80 Å². The molecular weight excluding hydrogens is 969 g/mol. The van der Waals surface area contributed by atoms with E-state index in [-0.39, 0.29) is 0 Å². The van der Waals surface area contributed by atoms with Gasteiger partial charge in [-0.25, -0.2) is 40.1 Å². The van der Waals surface area contributed by atoms with Crippen LogP contribution in [0.5, 0.6) is 0 Å². The molecule has 0 radical (unpaired) electrons. The summed E-state index contributed by atoms with van der Waals surface area (Å²) in [5.41, 5.74) is 10.2. The van der Waals surface area contributed by atoms with Gasteiger partial charge in [0.15, 0.2) is 11.2 Å². The van der Waals surface area contributed by atoms with Crippen molar-refractivity contribution in [3.05, 3.63) is 170 Å². The maximum atomic E-state index is 6.94. The van der Waals surface area contributed by atoms with Gasteiger partial charge in [0.25, 0.3) is 0 Å². The van der Waals surface area contributed by atoms with Crippen LogP contribution in [0.3, 0.4) is 0 Å². The van der Waals surface area contributed by atoms with Crippen LogP contribution in [0.1, 0.15) is 6.92 Å². The number of hydrogen-bond donors (Lipinski definition) is 0. The average Bonchev–Trinajstić information content (AvgIpc) is 3.95. The second kappa shape index (κ2) is 17.2. The lowest BCUT2D eigenvalue weighted by Crippen LogP contribution is -2.13. The Morgan fingerprint density at radius 2 is 0.712 bits per heavy atom. The molecular formula is C65H66N2O2S4. The highest BCUT2D eigenvalue weighted by atomic mass is 32.3. The number of furan rings is 2. The number of fused-ring (bicyclic) bond motifs is 6. The fourth-order valence-electron chi connectivity index (χ4n) is 10.7. The van der Waals surface area contributed by atoms with Gasteiger partial charge in [-0.2, -0.15) is 0 Å². The van der Waals surface area contributed by atoms with Crippen molar-refractivity contribution in [1.29, 1.82) is 0 Å². The molecule has 10 aromatic carbocycles. The van der Waals surface area contributed by atoms with Crippen molar-refractivity contribution < 1.29 is 8.83 Å². The number of para-hydroxylation sites is 4. The monoisotopic (exact) mass is 1030 g/mol. The van der Waals surface area contributed by atoms with Crippen LogP contribution in [0.4, 0.5) is 34.1 Å². The van der Waals surface area contributed by atoms with Crippen molar-refractivity contribution in [3.63, 3.8) is 0 Å². The fourth-order valence-corrected chi connectivity index (χ4v) is 14.9. The zero-order chi connectivity index (χ0) is 50.9. The molecule has 0 bridgehead atoms. The number of benzene rings is 10. The van der Waals surface area contributed by atoms with E-state index in [1.54, 1.807) is 0 Å². The Bertz CT molecular complexity index is 4110. The first-order chi connectivity index (χ1) is 34.8. The summed E-state index contributed by atoms with van der Waals surface area (Å²) in [7, 11) is -4.41. The molecule has 0 aliphatic carbocycles. The minimum Gasteiger partial charge on any atom is -0.454 e. The molecule has 0 atom stereocenters. The minimum absolute atomic E-state index is 0.886. The van der Waals surface area contributed by atoms with Crippen molar-refractivity contribution in [1.82, 2.24) is 0 Å². The van der Waals surface area contributed by atoms with E-state index in [4.69, 9.17) is 8.83 Å². The Kier molecular flexibility index (Phi) is 11.3. The van der Waals surface area contributed by atoms with Gasteiger partial charge in [0.05, 0.1) is 22.7 Å². The van der Waals surface area contributed by atoms with E-state index in [0.29, 0.717) is 0 Å². The first-order valence-electron chi connectivity index (χ1n) is 25.0. The highest BCUT2D eigenvalue weighted by Gasteiger charge is 2.29. The molecule has 0 saturated carbocycles. The summed E-state index contributed by atoms with van der Waals surface area (Å²) in [4.78, 5) is 10.7. The van der Waals surface area contributed by atoms with Crippen molar-refractivity contribution in [2.45, 2.75) is 26.5 Å². The molecule has 0 saturated heterocycles. The Morgan fingerprint density at radius 3 is 1.12 bits per heavy atom. The molecule has 12 rings (SSSR count). The second-order valence-corrected chi connectivity index (χ2v) is 39.0. The van der Waals surface area contributed by atoms with Gasteiger partial charge in [0, 0.05) is 43.7 Å². The summed E-state index contributed by atoms with van der Waals surface area (Å²) in [6.07, 6.45) is 26.7. The van der Waals surface area contributed by atoms with E-state index in [9.17, 15) is 0 Å². The molecule has 12 aromatic rings. The van der Waals surface area contributed by atoms with Gasteiger partial charge in [-0.1, -0.05) is 104 Å². The maximum absolute atomic E-state index is 6.94. The van der Waals surface area contributed by atoms with Crippen LogP contribution in [0.25, 0.3) is 76.2 Å². The molecule has 73 heavy (non-hydrogen) atoms. The van der Waals surface area contributed by atoms with Crippen LogP contribution in [0.15, 0.2) is 198 Å². The third kappa shape index (κ3) is 8.03. The Hall–Kier alpha value is -6.16. The van der Waals surface area contributed by atoms with Gasteiger partial charge < -0.3 is 18.6 Å². The zero-order valence-corrected chi connectivity index (χ0v) is 47.5. The van der Waals surface area contributed by atoms with Crippen LogP contribution in [-0.2, 0) is 0 Å². The fraction of sp³-hybridized carbons (Fsp3) is 0.200.